The fraction of sp³-hybridized carbons (Fsp3) is 0.933. The Labute approximate surface area is 117 Å². The van der Waals surface area contributed by atoms with Crippen LogP contribution in [0.25, 0.3) is 0 Å². The summed E-state index contributed by atoms with van der Waals surface area (Å²) in [4.78, 5) is 14.7. The van der Waals surface area contributed by atoms with Crippen LogP contribution in [-0.4, -0.2) is 42.5 Å². The molecule has 1 amide bonds. The quantitative estimate of drug-likeness (QED) is 0.814. The zero-order valence-electron chi connectivity index (χ0n) is 12.5. The molecule has 0 aromatic heterocycles. The molecule has 3 N–H and O–H groups in total. The third-order valence-corrected chi connectivity index (χ3v) is 4.90. The fourth-order valence-corrected chi connectivity index (χ4v) is 3.59. The van der Waals surface area contributed by atoms with E-state index in [-0.39, 0.29) is 5.91 Å². The van der Waals surface area contributed by atoms with Gasteiger partial charge in [0.25, 0.3) is 0 Å². The van der Waals surface area contributed by atoms with E-state index in [9.17, 15) is 4.79 Å². The van der Waals surface area contributed by atoms with Gasteiger partial charge in [-0.05, 0) is 45.2 Å². The number of carbonyl (C=O) groups is 1. The summed E-state index contributed by atoms with van der Waals surface area (Å²) < 4.78 is 0. The molecule has 1 aliphatic carbocycles. The van der Waals surface area contributed by atoms with E-state index in [1.54, 1.807) is 0 Å². The van der Waals surface area contributed by atoms with Crippen LogP contribution in [0.2, 0.25) is 0 Å². The number of nitrogens with one attached hydrogen (secondary N) is 1. The predicted molar refractivity (Wildman–Crippen MR) is 77.8 cm³/mol. The van der Waals surface area contributed by atoms with E-state index in [1.165, 1.54) is 25.7 Å². The largest absolute Gasteiger partial charge is 0.353 e. The highest BCUT2D eigenvalue weighted by molar-refractivity contribution is 5.86. The Kier molecular flexibility index (Phi) is 4.85. The number of hydrogen-bond donors (Lipinski definition) is 2. The van der Waals surface area contributed by atoms with Crippen LogP contribution < -0.4 is 11.1 Å². The Morgan fingerprint density at radius 2 is 2.16 bits per heavy atom. The number of likely N-dealkylation sites (tertiary alicyclic amines) is 1. The van der Waals surface area contributed by atoms with Gasteiger partial charge in [0.15, 0.2) is 0 Å². The number of nitrogens with zero attached hydrogens (tertiary/aromatic N) is 1. The van der Waals surface area contributed by atoms with Crippen molar-refractivity contribution in [1.29, 1.82) is 0 Å². The second-order valence-corrected chi connectivity index (χ2v) is 6.70. The van der Waals surface area contributed by atoms with Gasteiger partial charge in [0.1, 0.15) is 0 Å². The first-order valence-corrected chi connectivity index (χ1v) is 7.79. The van der Waals surface area contributed by atoms with E-state index in [1.807, 2.05) is 0 Å². The lowest BCUT2D eigenvalue weighted by Crippen LogP contribution is -2.58. The molecular formula is C15H29N3O. The summed E-state index contributed by atoms with van der Waals surface area (Å²) in [5, 5.41) is 3.11. The Morgan fingerprint density at radius 3 is 2.84 bits per heavy atom. The van der Waals surface area contributed by atoms with Gasteiger partial charge in [-0.15, -0.1) is 0 Å². The first-order valence-electron chi connectivity index (χ1n) is 7.79. The maximum absolute atomic E-state index is 12.4. The van der Waals surface area contributed by atoms with Gasteiger partial charge < -0.3 is 16.0 Å². The van der Waals surface area contributed by atoms with Crippen LogP contribution in [0.3, 0.4) is 0 Å². The van der Waals surface area contributed by atoms with Crippen molar-refractivity contribution in [3.63, 3.8) is 0 Å². The molecule has 0 spiro atoms. The molecule has 2 rings (SSSR count). The van der Waals surface area contributed by atoms with E-state index in [0.717, 1.165) is 32.4 Å². The molecule has 1 aliphatic heterocycles. The predicted octanol–water partition coefficient (Wildman–Crippen LogP) is 1.49. The van der Waals surface area contributed by atoms with Crippen LogP contribution in [0.1, 0.15) is 51.9 Å². The molecule has 3 atom stereocenters. The van der Waals surface area contributed by atoms with Gasteiger partial charge in [-0.1, -0.05) is 26.2 Å². The van der Waals surface area contributed by atoms with Gasteiger partial charge in [0.05, 0.1) is 5.54 Å². The minimum absolute atomic E-state index is 0.0676. The Hall–Kier alpha value is -0.610. The number of carbonyl (C=O) groups excluding carboxylic acids is 1. The number of likely N-dealkylation sites (N-methyl/N-ethyl adjacent to an activating group) is 1. The van der Waals surface area contributed by atoms with E-state index in [4.69, 9.17) is 5.73 Å². The van der Waals surface area contributed by atoms with Gasteiger partial charge in [-0.3, -0.25) is 4.79 Å². The Balaban J connectivity index is 1.83. The van der Waals surface area contributed by atoms with Gasteiger partial charge >= 0.3 is 0 Å². The van der Waals surface area contributed by atoms with Crippen molar-refractivity contribution >= 4 is 5.91 Å². The number of hydrogen-bond acceptors (Lipinski definition) is 3. The van der Waals surface area contributed by atoms with Crippen LogP contribution in [0, 0.1) is 5.92 Å². The lowest BCUT2D eigenvalue weighted by Gasteiger charge is -2.37. The summed E-state index contributed by atoms with van der Waals surface area (Å²) in [6.07, 6.45) is 7.69. The van der Waals surface area contributed by atoms with Gasteiger partial charge in [-0.2, -0.15) is 0 Å². The molecule has 0 radical (unpaired) electrons. The summed E-state index contributed by atoms with van der Waals surface area (Å²) >= 11 is 0. The smallest absolute Gasteiger partial charge is 0.240 e. The normalized spacial score (nSPS) is 37.0. The highest BCUT2D eigenvalue weighted by Crippen LogP contribution is 2.30. The summed E-state index contributed by atoms with van der Waals surface area (Å²) in [5.74, 6) is 0.639. The molecule has 110 valence electrons. The average Bonchev–Trinajstić information content (AvgIpc) is 2.37. The molecule has 0 aromatic rings. The van der Waals surface area contributed by atoms with E-state index < -0.39 is 5.54 Å². The van der Waals surface area contributed by atoms with Gasteiger partial charge in [0, 0.05) is 12.6 Å². The highest BCUT2D eigenvalue weighted by Gasteiger charge is 2.38. The first-order chi connectivity index (χ1) is 9.01. The molecule has 2 fully saturated rings. The van der Waals surface area contributed by atoms with E-state index >= 15 is 0 Å². The maximum Gasteiger partial charge on any atom is 0.240 e. The molecule has 1 saturated carbocycles. The molecule has 0 bridgehead atoms. The van der Waals surface area contributed by atoms with Crippen molar-refractivity contribution < 1.29 is 4.79 Å². The molecular weight excluding hydrogens is 238 g/mol. The third kappa shape index (κ3) is 3.69. The lowest BCUT2D eigenvalue weighted by atomic mass is 9.76. The van der Waals surface area contributed by atoms with Crippen LogP contribution in [0.4, 0.5) is 0 Å². The molecule has 4 nitrogen and oxygen atoms in total. The monoisotopic (exact) mass is 267 g/mol. The van der Waals surface area contributed by atoms with Crippen molar-refractivity contribution in [2.45, 2.75) is 63.5 Å². The van der Waals surface area contributed by atoms with Crippen LogP contribution >= 0.6 is 0 Å². The fourth-order valence-electron chi connectivity index (χ4n) is 3.59. The summed E-state index contributed by atoms with van der Waals surface area (Å²) in [6, 6.07) is 0.488. The maximum atomic E-state index is 12.4. The molecule has 3 unspecified atom stereocenters. The number of rotatable bonds is 3. The molecule has 1 heterocycles. The van der Waals surface area contributed by atoms with Crippen molar-refractivity contribution in [1.82, 2.24) is 10.2 Å². The van der Waals surface area contributed by atoms with E-state index in [2.05, 4.69) is 24.2 Å². The minimum atomic E-state index is -0.620. The molecule has 1 saturated heterocycles. The third-order valence-electron chi connectivity index (χ3n) is 4.90. The number of nitrogens with two attached hydrogens (primary N) is 1. The average molecular weight is 267 g/mol. The van der Waals surface area contributed by atoms with Crippen molar-refractivity contribution in [2.24, 2.45) is 11.7 Å². The van der Waals surface area contributed by atoms with Crippen molar-refractivity contribution in [3.8, 4) is 0 Å². The molecule has 19 heavy (non-hydrogen) atoms. The van der Waals surface area contributed by atoms with Crippen LogP contribution in [0.15, 0.2) is 0 Å². The zero-order chi connectivity index (χ0) is 13.9. The molecule has 2 aliphatic rings. The Bertz CT molecular complexity index is 321. The standard InChI is InChI=1S/C15H29N3O/c1-12-6-5-8-15(16,10-12)14(19)17-11-13-7-3-4-9-18(13)2/h12-13H,3-11,16H2,1-2H3,(H,17,19). The summed E-state index contributed by atoms with van der Waals surface area (Å²) in [5.41, 5.74) is 5.70. The second kappa shape index (κ2) is 6.23. The molecule has 4 heteroatoms. The summed E-state index contributed by atoms with van der Waals surface area (Å²) in [6.45, 7) is 4.09. The number of piperidine rings is 1. The van der Waals surface area contributed by atoms with Gasteiger partial charge in [-0.25, -0.2) is 0 Å². The van der Waals surface area contributed by atoms with Crippen LogP contribution in [-0.2, 0) is 4.79 Å². The van der Waals surface area contributed by atoms with Crippen molar-refractivity contribution in [3.05, 3.63) is 0 Å². The highest BCUT2D eigenvalue weighted by atomic mass is 16.2. The number of amides is 1. The SMILES string of the molecule is CC1CCCC(N)(C(=O)NCC2CCCCN2C)C1. The van der Waals surface area contributed by atoms with Crippen molar-refractivity contribution in [2.75, 3.05) is 20.1 Å². The topological polar surface area (TPSA) is 58.4 Å². The van der Waals surface area contributed by atoms with E-state index in [0.29, 0.717) is 12.0 Å². The first kappa shape index (κ1) is 14.8. The Morgan fingerprint density at radius 1 is 1.37 bits per heavy atom. The van der Waals surface area contributed by atoms with Gasteiger partial charge in [0.2, 0.25) is 5.91 Å². The zero-order valence-corrected chi connectivity index (χ0v) is 12.5. The lowest BCUT2D eigenvalue weighted by molar-refractivity contribution is -0.128. The second-order valence-electron chi connectivity index (χ2n) is 6.70. The summed E-state index contributed by atoms with van der Waals surface area (Å²) in [7, 11) is 2.15. The van der Waals surface area contributed by atoms with Crippen LogP contribution in [0.5, 0.6) is 0 Å². The minimum Gasteiger partial charge on any atom is -0.353 e. The molecule has 0 aromatic carbocycles.